The average molecular weight is 396 g/mol. The van der Waals surface area contributed by atoms with Crippen molar-refractivity contribution in [2.75, 3.05) is 13.1 Å². The van der Waals surface area contributed by atoms with Crippen LogP contribution in [0.3, 0.4) is 0 Å². The molecule has 1 N–H and O–H groups in total. The largest absolute Gasteiger partial charge is 0.393 e. The first-order valence-electron chi connectivity index (χ1n) is 9.45. The van der Waals surface area contributed by atoms with Crippen LogP contribution in [0.2, 0.25) is 0 Å². The van der Waals surface area contributed by atoms with Gasteiger partial charge < -0.3 is 15.0 Å². The Kier molecular flexibility index (Phi) is 4.09. The lowest BCUT2D eigenvalue weighted by molar-refractivity contribution is -0.166. The van der Waals surface area contributed by atoms with E-state index < -0.39 is 34.7 Å². The molecule has 1 aromatic carbocycles. The van der Waals surface area contributed by atoms with Gasteiger partial charge in [-0.3, -0.25) is 9.59 Å². The van der Waals surface area contributed by atoms with Gasteiger partial charge in [0.2, 0.25) is 5.91 Å². The molecule has 4 rings (SSSR count). The molecule has 1 aliphatic carbocycles. The van der Waals surface area contributed by atoms with Gasteiger partial charge in [-0.05, 0) is 38.7 Å². The second-order valence-electron chi connectivity index (χ2n) is 8.53. The third kappa shape index (κ3) is 2.89. The number of hydrogen-bond acceptors (Lipinski definition) is 3. The third-order valence-corrected chi connectivity index (χ3v) is 6.11. The normalized spacial score (nSPS) is 34.4. The zero-order chi connectivity index (χ0) is 20.4. The van der Waals surface area contributed by atoms with Crippen molar-refractivity contribution < 1.29 is 27.5 Å². The van der Waals surface area contributed by atoms with Crippen LogP contribution in [-0.2, 0) is 19.7 Å². The Bertz CT molecular complexity index is 811. The van der Waals surface area contributed by atoms with Crippen molar-refractivity contribution in [3.05, 3.63) is 35.9 Å². The van der Waals surface area contributed by atoms with Crippen LogP contribution in [0.25, 0.3) is 0 Å². The van der Waals surface area contributed by atoms with E-state index in [0.29, 0.717) is 24.9 Å². The third-order valence-electron chi connectivity index (χ3n) is 6.11. The van der Waals surface area contributed by atoms with E-state index in [1.54, 1.807) is 44.2 Å². The fraction of sp³-hybridized carbons (Fsp3) is 0.600. The molecule has 0 bridgehead atoms. The lowest BCUT2D eigenvalue weighted by atomic mass is 9.89. The molecule has 3 atom stereocenters. The predicted octanol–water partition coefficient (Wildman–Crippen LogP) is 2.75. The summed E-state index contributed by atoms with van der Waals surface area (Å²) in [5.74, 6) is -2.51. The van der Waals surface area contributed by atoms with Gasteiger partial charge in [-0.25, -0.2) is 0 Å². The van der Waals surface area contributed by atoms with Crippen molar-refractivity contribution in [2.45, 2.75) is 56.0 Å². The highest BCUT2D eigenvalue weighted by molar-refractivity contribution is 5.93. The number of carbonyl (C=O) groups is 2. The summed E-state index contributed by atoms with van der Waals surface area (Å²) in [5.41, 5.74) is -3.26. The molecule has 1 aromatic rings. The smallest absolute Gasteiger partial charge is 0.338 e. The summed E-state index contributed by atoms with van der Waals surface area (Å²) in [4.78, 5) is 27.0. The van der Waals surface area contributed by atoms with E-state index in [1.165, 1.54) is 4.90 Å². The van der Waals surface area contributed by atoms with Gasteiger partial charge in [-0.15, -0.1) is 0 Å². The molecule has 152 valence electrons. The first kappa shape index (κ1) is 19.2. The standard InChI is InChI=1S/C20H23F3N2O3/c1-17(2)15(26)24-18(28-17)9-6-10-25(12-18)16(27)19(11-14(19)20(21,22)23)13-7-4-3-5-8-13/h3-5,7-8,14H,6,9-12H2,1-2H3,(H,24,26). The quantitative estimate of drug-likeness (QED) is 0.836. The number of rotatable bonds is 2. The molecule has 28 heavy (non-hydrogen) atoms. The Morgan fingerprint density at radius 2 is 1.93 bits per heavy atom. The second-order valence-corrected chi connectivity index (χ2v) is 8.53. The molecule has 2 amide bonds. The number of hydrogen-bond donors (Lipinski definition) is 1. The Morgan fingerprint density at radius 3 is 2.46 bits per heavy atom. The molecule has 2 aliphatic heterocycles. The van der Waals surface area contributed by atoms with Crippen LogP contribution in [-0.4, -0.2) is 47.3 Å². The van der Waals surface area contributed by atoms with Gasteiger partial charge >= 0.3 is 6.18 Å². The maximum absolute atomic E-state index is 13.5. The number of benzene rings is 1. The minimum absolute atomic E-state index is 0.0557. The number of amides is 2. The Hall–Kier alpha value is -2.09. The zero-order valence-electron chi connectivity index (χ0n) is 15.8. The Balaban J connectivity index is 1.63. The molecule has 0 radical (unpaired) electrons. The van der Waals surface area contributed by atoms with E-state index in [4.69, 9.17) is 4.74 Å². The number of carbonyl (C=O) groups excluding carboxylic acids is 2. The van der Waals surface area contributed by atoms with Crippen molar-refractivity contribution in [3.8, 4) is 0 Å². The first-order valence-corrected chi connectivity index (χ1v) is 9.45. The lowest BCUT2D eigenvalue weighted by Crippen LogP contribution is -2.58. The van der Waals surface area contributed by atoms with Gasteiger partial charge in [0.1, 0.15) is 5.60 Å². The Morgan fingerprint density at radius 1 is 1.25 bits per heavy atom. The van der Waals surface area contributed by atoms with E-state index in [1.807, 2.05) is 0 Å². The second kappa shape index (κ2) is 5.95. The van der Waals surface area contributed by atoms with Gasteiger partial charge in [0.05, 0.1) is 17.9 Å². The van der Waals surface area contributed by atoms with Crippen LogP contribution >= 0.6 is 0 Å². The van der Waals surface area contributed by atoms with Crippen molar-refractivity contribution in [3.63, 3.8) is 0 Å². The molecule has 1 spiro atoms. The molecule has 0 aromatic heterocycles. The number of halogens is 3. The van der Waals surface area contributed by atoms with Gasteiger partial charge in [-0.2, -0.15) is 13.2 Å². The van der Waals surface area contributed by atoms with E-state index in [9.17, 15) is 22.8 Å². The van der Waals surface area contributed by atoms with Gasteiger partial charge in [-0.1, -0.05) is 30.3 Å². The molecule has 3 fully saturated rings. The Labute approximate surface area is 161 Å². The number of nitrogens with one attached hydrogen (secondary N) is 1. The summed E-state index contributed by atoms with van der Waals surface area (Å²) in [6.45, 7) is 3.69. The minimum atomic E-state index is -4.45. The average Bonchev–Trinajstić information content (AvgIpc) is 3.34. The van der Waals surface area contributed by atoms with Gasteiger partial charge in [0.15, 0.2) is 5.72 Å². The molecular formula is C20H23F3N2O3. The van der Waals surface area contributed by atoms with Crippen LogP contribution in [0, 0.1) is 5.92 Å². The summed E-state index contributed by atoms with van der Waals surface area (Å²) in [5, 5.41) is 2.82. The lowest BCUT2D eigenvalue weighted by Gasteiger charge is -2.41. The maximum Gasteiger partial charge on any atom is 0.393 e. The SMILES string of the molecule is CC1(C)OC2(CCCN(C(=O)C3(c4ccccc4)CC3C(F)(F)F)C2)NC1=O. The fourth-order valence-electron chi connectivity index (χ4n) is 4.65. The van der Waals surface area contributed by atoms with Gasteiger partial charge in [0, 0.05) is 6.54 Å². The number of ether oxygens (including phenoxy) is 1. The number of likely N-dealkylation sites (tertiary alicyclic amines) is 1. The van der Waals surface area contributed by atoms with Crippen LogP contribution < -0.4 is 5.32 Å². The molecule has 1 saturated carbocycles. The van der Waals surface area contributed by atoms with Gasteiger partial charge in [0.25, 0.3) is 5.91 Å². The zero-order valence-corrected chi connectivity index (χ0v) is 15.8. The van der Waals surface area contributed by atoms with Crippen LogP contribution in [0.15, 0.2) is 30.3 Å². The van der Waals surface area contributed by atoms with Crippen LogP contribution in [0.4, 0.5) is 13.2 Å². The number of alkyl halides is 3. The highest BCUT2D eigenvalue weighted by Gasteiger charge is 2.72. The molecule has 3 unspecified atom stereocenters. The van der Waals surface area contributed by atoms with Crippen molar-refractivity contribution in [1.29, 1.82) is 0 Å². The monoisotopic (exact) mass is 396 g/mol. The maximum atomic E-state index is 13.5. The summed E-state index contributed by atoms with van der Waals surface area (Å²) in [6, 6.07) is 8.18. The summed E-state index contributed by atoms with van der Waals surface area (Å²) in [6.07, 6.45) is -3.63. The highest BCUT2D eigenvalue weighted by Crippen LogP contribution is 2.62. The highest BCUT2D eigenvalue weighted by atomic mass is 19.4. The van der Waals surface area contributed by atoms with Crippen LogP contribution in [0.1, 0.15) is 38.7 Å². The van der Waals surface area contributed by atoms with E-state index in [-0.39, 0.29) is 18.9 Å². The summed E-state index contributed by atoms with van der Waals surface area (Å²) in [7, 11) is 0. The molecule has 5 nitrogen and oxygen atoms in total. The minimum Gasteiger partial charge on any atom is -0.338 e. The van der Waals surface area contributed by atoms with Crippen LogP contribution in [0.5, 0.6) is 0 Å². The molecule has 3 aliphatic rings. The van der Waals surface area contributed by atoms with E-state index in [2.05, 4.69) is 5.32 Å². The topological polar surface area (TPSA) is 58.6 Å². The predicted molar refractivity (Wildman–Crippen MR) is 94.1 cm³/mol. The van der Waals surface area contributed by atoms with E-state index >= 15 is 0 Å². The van der Waals surface area contributed by atoms with E-state index in [0.717, 1.165) is 0 Å². The molecule has 2 saturated heterocycles. The molecule has 2 heterocycles. The summed E-state index contributed by atoms with van der Waals surface area (Å²) >= 11 is 0. The molecule has 8 heteroatoms. The summed E-state index contributed by atoms with van der Waals surface area (Å²) < 4.78 is 46.6. The molecular weight excluding hydrogens is 373 g/mol. The van der Waals surface area contributed by atoms with Crippen molar-refractivity contribution >= 4 is 11.8 Å². The van der Waals surface area contributed by atoms with Crippen molar-refractivity contribution in [2.24, 2.45) is 5.92 Å². The van der Waals surface area contributed by atoms with Crippen molar-refractivity contribution in [1.82, 2.24) is 10.2 Å². The number of piperidine rings is 1. The number of nitrogens with zero attached hydrogens (tertiary/aromatic N) is 1. The first-order chi connectivity index (χ1) is 13.0. The fourth-order valence-corrected chi connectivity index (χ4v) is 4.65.